The number of aromatic nitrogens is 4. The van der Waals surface area contributed by atoms with Crippen molar-refractivity contribution in [1.82, 2.24) is 29.4 Å². The van der Waals surface area contributed by atoms with Gasteiger partial charge in [0.05, 0.1) is 24.4 Å². The van der Waals surface area contributed by atoms with E-state index in [2.05, 4.69) is 55.9 Å². The summed E-state index contributed by atoms with van der Waals surface area (Å²) in [6, 6.07) is 0. The van der Waals surface area contributed by atoms with Gasteiger partial charge in [0.1, 0.15) is 11.2 Å². The molecule has 8 nitrogen and oxygen atoms in total. The third-order valence-corrected chi connectivity index (χ3v) is 11.8. The van der Waals surface area contributed by atoms with Crippen molar-refractivity contribution >= 4 is 33.1 Å². The van der Waals surface area contributed by atoms with Gasteiger partial charge in [-0.3, -0.25) is 9.69 Å². The number of thiophene rings is 1. The first kappa shape index (κ1) is 29.8. The average molecular weight is 625 g/mol. The normalized spacial score (nSPS) is 23.6. The number of pyridine rings is 1. The maximum atomic E-state index is 13.4. The molecule has 1 N–H and O–H groups in total. The van der Waals surface area contributed by atoms with Crippen molar-refractivity contribution in [3.8, 4) is 11.3 Å². The SMILES string of the molecule is Cc1c(-c2[nH]c3sc(C4CCN(C(=O)[C@H]5C[C@@]6(CN(CC(F)F)CCO6)C5)CC4)c(C)c3c2C(C)C)cn2ncnc2c1C. The quantitative estimate of drug-likeness (QED) is 0.267. The highest BCUT2D eigenvalue weighted by molar-refractivity contribution is 7.19. The fourth-order valence-electron chi connectivity index (χ4n) is 8.04. The van der Waals surface area contributed by atoms with E-state index < -0.39 is 12.0 Å². The second-order valence-electron chi connectivity index (χ2n) is 13.5. The first-order valence-corrected chi connectivity index (χ1v) is 16.7. The fraction of sp³-hybridized carbons (Fsp3) is 0.606. The first-order chi connectivity index (χ1) is 21.0. The minimum atomic E-state index is -2.34. The van der Waals surface area contributed by atoms with E-state index in [0.717, 1.165) is 37.1 Å². The molecule has 1 amide bonds. The number of fused-ring (bicyclic) bond motifs is 2. The van der Waals surface area contributed by atoms with Gasteiger partial charge in [0.25, 0.3) is 6.43 Å². The molecule has 236 valence electrons. The van der Waals surface area contributed by atoms with Crippen LogP contribution in [0.4, 0.5) is 8.78 Å². The van der Waals surface area contributed by atoms with Crippen LogP contribution < -0.4 is 0 Å². The van der Waals surface area contributed by atoms with Gasteiger partial charge in [-0.25, -0.2) is 18.3 Å². The standard InChI is InChI=1S/C33H42F2N6O2S/c1-18(2)26-27-21(5)29(44-31(27)38-28(26)24-14-41-30(36-17-37-41)20(4)19(24)3)22-6-8-40(9-7-22)32(42)23-12-33(13-23)16-39(10-11-43-33)15-25(34)35/h14,17-18,22-23,25,38H,6-13,15-16H2,1-5H3/t23-,33-. The highest BCUT2D eigenvalue weighted by Gasteiger charge is 2.52. The molecule has 11 heteroatoms. The van der Waals surface area contributed by atoms with Crippen LogP contribution in [0.1, 0.15) is 78.5 Å². The third kappa shape index (κ3) is 4.95. The van der Waals surface area contributed by atoms with Gasteiger partial charge in [-0.2, -0.15) is 5.10 Å². The van der Waals surface area contributed by atoms with Crippen LogP contribution in [0.3, 0.4) is 0 Å². The van der Waals surface area contributed by atoms with Gasteiger partial charge in [0, 0.05) is 54.1 Å². The third-order valence-electron chi connectivity index (χ3n) is 10.4. The molecule has 1 saturated carbocycles. The smallest absolute Gasteiger partial charge is 0.251 e. The zero-order valence-corrected chi connectivity index (χ0v) is 27.1. The Kier molecular flexibility index (Phi) is 7.57. The number of carbonyl (C=O) groups excluding carboxylic acids is 1. The van der Waals surface area contributed by atoms with Crippen LogP contribution in [0.5, 0.6) is 0 Å². The lowest BCUT2D eigenvalue weighted by Gasteiger charge is -2.52. The lowest BCUT2D eigenvalue weighted by molar-refractivity contribution is -0.188. The first-order valence-electron chi connectivity index (χ1n) is 15.9. The number of ether oxygens (including phenoxy) is 1. The Labute approximate surface area is 260 Å². The van der Waals surface area contributed by atoms with E-state index in [-0.39, 0.29) is 18.4 Å². The number of hydrogen-bond donors (Lipinski definition) is 1. The summed E-state index contributed by atoms with van der Waals surface area (Å²) in [6.45, 7) is 13.9. The fourth-order valence-corrected chi connectivity index (χ4v) is 9.43. The Morgan fingerprint density at radius 3 is 2.59 bits per heavy atom. The molecule has 0 unspecified atom stereocenters. The maximum absolute atomic E-state index is 13.4. The number of amides is 1. The summed E-state index contributed by atoms with van der Waals surface area (Å²) < 4.78 is 33.7. The number of H-pyrrole nitrogens is 1. The van der Waals surface area contributed by atoms with Crippen molar-refractivity contribution < 1.29 is 18.3 Å². The molecule has 6 heterocycles. The van der Waals surface area contributed by atoms with Gasteiger partial charge in [-0.15, -0.1) is 11.3 Å². The van der Waals surface area contributed by atoms with Crippen molar-refractivity contribution in [3.63, 3.8) is 0 Å². The highest BCUT2D eigenvalue weighted by Crippen LogP contribution is 2.48. The predicted octanol–water partition coefficient (Wildman–Crippen LogP) is 6.44. The topological polar surface area (TPSA) is 78.8 Å². The molecule has 4 aromatic rings. The van der Waals surface area contributed by atoms with E-state index >= 15 is 0 Å². The molecule has 7 rings (SSSR count). The lowest BCUT2D eigenvalue weighted by atomic mass is 9.69. The monoisotopic (exact) mass is 624 g/mol. The second-order valence-corrected chi connectivity index (χ2v) is 14.6. The second kappa shape index (κ2) is 11.2. The molecule has 44 heavy (non-hydrogen) atoms. The number of likely N-dealkylation sites (tertiary alicyclic amines) is 1. The lowest BCUT2D eigenvalue weighted by Crippen LogP contribution is -2.62. The van der Waals surface area contributed by atoms with Gasteiger partial charge in [0.15, 0.2) is 5.65 Å². The number of hydrogen-bond acceptors (Lipinski definition) is 6. The summed E-state index contributed by atoms with van der Waals surface area (Å²) in [5, 5.41) is 5.77. The van der Waals surface area contributed by atoms with Crippen LogP contribution in [0, 0.1) is 26.7 Å². The number of nitrogens with one attached hydrogen (secondary N) is 1. The van der Waals surface area contributed by atoms with Crippen molar-refractivity contribution in [3.05, 3.63) is 39.7 Å². The zero-order chi connectivity index (χ0) is 30.9. The number of aryl methyl sites for hydroxylation is 2. The molecule has 3 fully saturated rings. The van der Waals surface area contributed by atoms with Crippen LogP contribution in [0.25, 0.3) is 27.1 Å². The Balaban J connectivity index is 1.06. The summed E-state index contributed by atoms with van der Waals surface area (Å²) >= 11 is 1.87. The Hall–Kier alpha value is -2.89. The Bertz CT molecular complexity index is 1710. The number of piperidine rings is 1. The number of nitrogens with zero attached hydrogens (tertiary/aromatic N) is 5. The van der Waals surface area contributed by atoms with E-state index in [1.54, 1.807) is 11.2 Å². The van der Waals surface area contributed by atoms with E-state index in [1.807, 2.05) is 20.8 Å². The molecule has 0 atom stereocenters. The zero-order valence-electron chi connectivity index (χ0n) is 26.3. The summed E-state index contributed by atoms with van der Waals surface area (Å²) in [5.74, 6) is 0.920. The predicted molar refractivity (Wildman–Crippen MR) is 169 cm³/mol. The van der Waals surface area contributed by atoms with Gasteiger partial charge >= 0.3 is 0 Å². The molecule has 0 radical (unpaired) electrons. The minimum Gasteiger partial charge on any atom is -0.372 e. The van der Waals surface area contributed by atoms with Crippen LogP contribution in [0.15, 0.2) is 12.5 Å². The van der Waals surface area contributed by atoms with Crippen molar-refractivity contribution in [2.24, 2.45) is 5.92 Å². The number of aromatic amines is 1. The van der Waals surface area contributed by atoms with Crippen molar-refractivity contribution in [1.29, 1.82) is 0 Å². The number of alkyl halides is 2. The van der Waals surface area contributed by atoms with Gasteiger partial charge < -0.3 is 14.6 Å². The highest BCUT2D eigenvalue weighted by atomic mass is 32.1. The number of morpholine rings is 1. The molecule has 3 aliphatic rings. The molecular formula is C33H42F2N6O2S. The van der Waals surface area contributed by atoms with Crippen LogP contribution in [-0.4, -0.2) is 86.6 Å². The van der Waals surface area contributed by atoms with Crippen molar-refractivity contribution in [2.75, 3.05) is 39.3 Å². The molecule has 1 aliphatic carbocycles. The Morgan fingerprint density at radius 2 is 1.89 bits per heavy atom. The minimum absolute atomic E-state index is 0.0597. The average Bonchev–Trinajstić information content (AvgIpc) is 3.68. The van der Waals surface area contributed by atoms with Gasteiger partial charge in [-0.05, 0) is 80.5 Å². The Morgan fingerprint density at radius 1 is 1.14 bits per heavy atom. The van der Waals surface area contributed by atoms with E-state index in [9.17, 15) is 13.6 Å². The van der Waals surface area contributed by atoms with E-state index in [1.165, 1.54) is 43.0 Å². The summed E-state index contributed by atoms with van der Waals surface area (Å²) in [7, 11) is 0. The number of carbonyl (C=O) groups is 1. The van der Waals surface area contributed by atoms with Gasteiger partial charge in [0.2, 0.25) is 5.91 Å². The van der Waals surface area contributed by atoms with Gasteiger partial charge in [-0.1, -0.05) is 13.8 Å². The summed E-state index contributed by atoms with van der Waals surface area (Å²) in [6.07, 6.45) is 4.56. The molecule has 2 aliphatic heterocycles. The maximum Gasteiger partial charge on any atom is 0.251 e. The van der Waals surface area contributed by atoms with Crippen LogP contribution in [-0.2, 0) is 9.53 Å². The molecule has 0 aromatic carbocycles. The molecule has 0 bridgehead atoms. The summed E-state index contributed by atoms with van der Waals surface area (Å²) in [5.41, 5.74) is 7.88. The number of halogens is 2. The molecular weight excluding hydrogens is 582 g/mol. The molecule has 2 saturated heterocycles. The van der Waals surface area contributed by atoms with Crippen LogP contribution in [0.2, 0.25) is 0 Å². The number of rotatable bonds is 6. The molecule has 4 aromatic heterocycles. The van der Waals surface area contributed by atoms with E-state index in [0.29, 0.717) is 44.4 Å². The van der Waals surface area contributed by atoms with Crippen molar-refractivity contribution in [2.45, 2.75) is 84.2 Å². The molecule has 1 spiro atoms. The van der Waals surface area contributed by atoms with Crippen LogP contribution >= 0.6 is 11.3 Å². The van der Waals surface area contributed by atoms with E-state index in [4.69, 9.17) is 4.74 Å². The largest absolute Gasteiger partial charge is 0.372 e. The summed E-state index contributed by atoms with van der Waals surface area (Å²) in [4.78, 5) is 28.1.